The van der Waals surface area contributed by atoms with Gasteiger partial charge >= 0.3 is 11.4 Å². The molecular formula is C25H25BrN6O4. The zero-order valence-corrected chi connectivity index (χ0v) is 21.4. The van der Waals surface area contributed by atoms with E-state index >= 15 is 0 Å². The predicted octanol–water partition coefficient (Wildman–Crippen LogP) is 2.93. The second kappa shape index (κ2) is 9.30. The fraction of sp³-hybridized carbons (Fsp3) is 0.280. The average Bonchev–Trinajstić information content (AvgIpc) is 3.08. The zero-order chi connectivity index (χ0) is 25.6. The van der Waals surface area contributed by atoms with Gasteiger partial charge in [0.1, 0.15) is 5.56 Å². The number of nitrogens with one attached hydrogen (secondary N) is 1. The zero-order valence-electron chi connectivity index (χ0n) is 19.9. The molecule has 10 nitrogen and oxygen atoms in total. The topological polar surface area (TPSA) is 118 Å². The number of aliphatic imine (C=N–C) groups is 1. The third kappa shape index (κ3) is 4.09. The van der Waals surface area contributed by atoms with Gasteiger partial charge in [0, 0.05) is 37.9 Å². The van der Waals surface area contributed by atoms with Gasteiger partial charge in [0.05, 0.1) is 28.1 Å². The highest BCUT2D eigenvalue weighted by Gasteiger charge is 2.19. The highest BCUT2D eigenvalue weighted by molar-refractivity contribution is 9.10. The molecule has 0 radical (unpaired) electrons. The van der Waals surface area contributed by atoms with Gasteiger partial charge in [-0.15, -0.1) is 0 Å². The van der Waals surface area contributed by atoms with Gasteiger partial charge in [-0.2, -0.15) is 0 Å². The normalized spacial score (nSPS) is 14.2. The largest absolute Gasteiger partial charge is 0.493 e. The molecule has 36 heavy (non-hydrogen) atoms. The molecule has 0 saturated carbocycles. The maximum absolute atomic E-state index is 12.6. The Morgan fingerprint density at radius 2 is 1.61 bits per heavy atom. The monoisotopic (exact) mass is 552 g/mol. The minimum Gasteiger partial charge on any atom is -0.493 e. The van der Waals surface area contributed by atoms with Gasteiger partial charge in [-0.25, -0.2) is 14.2 Å². The van der Waals surface area contributed by atoms with Crippen molar-refractivity contribution >= 4 is 44.6 Å². The molecular weight excluding hydrogens is 528 g/mol. The van der Waals surface area contributed by atoms with Crippen LogP contribution in [-0.2, 0) is 14.1 Å². The number of benzene rings is 2. The van der Waals surface area contributed by atoms with Crippen LogP contribution in [0.4, 0.5) is 11.4 Å². The standard InChI is InChI=1S/C25H25BrN6O4/c1-29-20-12-18(19(31-10-4-3-5-11-31)13-21(20)30(2)25(29)36)27-14-17-22(33)28-24(35)32(23(17)34)16-8-6-15(26)7-9-16/h6-9,12-14,34H,3-5,10-11H2,1-2H3,(H,28,33,35). The highest BCUT2D eigenvalue weighted by atomic mass is 79.9. The van der Waals surface area contributed by atoms with E-state index in [0.29, 0.717) is 16.9 Å². The number of aromatic hydroxyl groups is 1. The van der Waals surface area contributed by atoms with Crippen molar-refractivity contribution in [2.75, 3.05) is 18.0 Å². The number of aromatic amines is 1. The fourth-order valence-corrected chi connectivity index (χ4v) is 4.90. The Labute approximate surface area is 213 Å². The summed E-state index contributed by atoms with van der Waals surface area (Å²) in [7, 11) is 3.43. The number of halogens is 1. The molecule has 186 valence electrons. The van der Waals surface area contributed by atoms with E-state index in [1.165, 1.54) is 6.21 Å². The third-order valence-corrected chi connectivity index (χ3v) is 7.13. The molecule has 0 aliphatic carbocycles. The number of imidazole rings is 1. The van der Waals surface area contributed by atoms with Gasteiger partial charge in [0.25, 0.3) is 5.56 Å². The van der Waals surface area contributed by atoms with Crippen LogP contribution in [0, 0.1) is 0 Å². The Balaban J connectivity index is 1.67. The van der Waals surface area contributed by atoms with E-state index < -0.39 is 17.1 Å². The number of H-pyrrole nitrogens is 1. The SMILES string of the molecule is Cn1c(=O)n(C)c2cc(N3CCCCC3)c(N=Cc3c(O)n(-c4ccc(Br)cc4)c(=O)[nH]c3=O)cc21. The average molecular weight is 553 g/mol. The number of anilines is 1. The maximum Gasteiger partial charge on any atom is 0.335 e. The lowest BCUT2D eigenvalue weighted by Crippen LogP contribution is -2.31. The van der Waals surface area contributed by atoms with Gasteiger partial charge in [-0.1, -0.05) is 15.9 Å². The number of hydrogen-bond acceptors (Lipinski definition) is 6. The van der Waals surface area contributed by atoms with Crippen LogP contribution in [0.2, 0.25) is 0 Å². The highest BCUT2D eigenvalue weighted by Crippen LogP contribution is 2.35. The number of hydrogen-bond donors (Lipinski definition) is 2. The van der Waals surface area contributed by atoms with Crippen LogP contribution in [0.5, 0.6) is 5.88 Å². The predicted molar refractivity (Wildman–Crippen MR) is 144 cm³/mol. The van der Waals surface area contributed by atoms with Gasteiger partial charge < -0.3 is 10.0 Å². The third-order valence-electron chi connectivity index (χ3n) is 6.60. The first-order valence-corrected chi connectivity index (χ1v) is 12.4. The maximum atomic E-state index is 12.6. The van der Waals surface area contributed by atoms with Crippen molar-refractivity contribution in [2.45, 2.75) is 19.3 Å². The second-order valence-electron chi connectivity index (χ2n) is 8.84. The van der Waals surface area contributed by atoms with Gasteiger partial charge in [-0.05, 0) is 55.7 Å². The van der Waals surface area contributed by atoms with Crippen LogP contribution >= 0.6 is 15.9 Å². The lowest BCUT2D eigenvalue weighted by Gasteiger charge is -2.30. The van der Waals surface area contributed by atoms with Crippen molar-refractivity contribution in [1.29, 1.82) is 0 Å². The molecule has 0 amide bonds. The van der Waals surface area contributed by atoms with Crippen LogP contribution in [-0.4, -0.2) is 43.1 Å². The minimum atomic E-state index is -0.758. The summed E-state index contributed by atoms with van der Waals surface area (Å²) in [5.74, 6) is -0.512. The van der Waals surface area contributed by atoms with Crippen LogP contribution < -0.4 is 21.8 Å². The molecule has 0 spiro atoms. The number of rotatable bonds is 4. The van der Waals surface area contributed by atoms with E-state index in [1.54, 1.807) is 47.5 Å². The minimum absolute atomic E-state index is 0.147. The smallest absolute Gasteiger partial charge is 0.335 e. The van der Waals surface area contributed by atoms with E-state index in [1.807, 2.05) is 12.1 Å². The van der Waals surface area contributed by atoms with E-state index in [-0.39, 0.29) is 11.3 Å². The molecule has 0 bridgehead atoms. The molecule has 0 atom stereocenters. The molecule has 2 aromatic heterocycles. The number of nitrogens with zero attached hydrogens (tertiary/aromatic N) is 5. The van der Waals surface area contributed by atoms with Crippen molar-refractivity contribution in [3.05, 3.63) is 77.8 Å². The van der Waals surface area contributed by atoms with Crippen LogP contribution in [0.25, 0.3) is 16.7 Å². The molecule has 0 unspecified atom stereocenters. The quantitative estimate of drug-likeness (QED) is 0.377. The summed E-state index contributed by atoms with van der Waals surface area (Å²) < 4.78 is 4.97. The summed E-state index contributed by atoms with van der Waals surface area (Å²) in [6.07, 6.45) is 4.52. The molecule has 5 rings (SSSR count). The Kier molecular flexibility index (Phi) is 6.17. The molecule has 2 aromatic carbocycles. The molecule has 3 heterocycles. The Morgan fingerprint density at radius 1 is 0.972 bits per heavy atom. The summed E-state index contributed by atoms with van der Waals surface area (Å²) >= 11 is 3.34. The number of piperidine rings is 1. The molecule has 1 saturated heterocycles. The molecule has 1 aliphatic rings. The molecule has 11 heteroatoms. The Hall–Kier alpha value is -3.86. The van der Waals surface area contributed by atoms with E-state index in [0.717, 1.165) is 52.6 Å². The Morgan fingerprint density at radius 3 is 2.28 bits per heavy atom. The van der Waals surface area contributed by atoms with Crippen molar-refractivity contribution < 1.29 is 5.11 Å². The van der Waals surface area contributed by atoms with Crippen molar-refractivity contribution in [2.24, 2.45) is 19.1 Å². The first-order valence-electron chi connectivity index (χ1n) is 11.6. The van der Waals surface area contributed by atoms with Crippen LogP contribution in [0.1, 0.15) is 24.8 Å². The first-order chi connectivity index (χ1) is 17.3. The van der Waals surface area contributed by atoms with Gasteiger partial charge in [0.2, 0.25) is 5.88 Å². The van der Waals surface area contributed by atoms with E-state index in [2.05, 4.69) is 30.8 Å². The first kappa shape index (κ1) is 23.9. The molecule has 4 aromatic rings. The summed E-state index contributed by atoms with van der Waals surface area (Å²) in [6.45, 7) is 1.71. The van der Waals surface area contributed by atoms with Crippen molar-refractivity contribution in [3.8, 4) is 11.6 Å². The summed E-state index contributed by atoms with van der Waals surface area (Å²) in [6, 6.07) is 10.5. The molecule has 1 aliphatic heterocycles. The van der Waals surface area contributed by atoms with Gasteiger partial charge in [-0.3, -0.25) is 23.9 Å². The van der Waals surface area contributed by atoms with Crippen LogP contribution in [0.3, 0.4) is 0 Å². The molecule has 2 N–H and O–H groups in total. The Bertz CT molecular complexity index is 1670. The van der Waals surface area contributed by atoms with E-state index in [9.17, 15) is 19.5 Å². The van der Waals surface area contributed by atoms with Crippen molar-refractivity contribution in [1.82, 2.24) is 18.7 Å². The van der Waals surface area contributed by atoms with E-state index in [4.69, 9.17) is 0 Å². The second-order valence-corrected chi connectivity index (χ2v) is 9.76. The van der Waals surface area contributed by atoms with Crippen molar-refractivity contribution in [3.63, 3.8) is 0 Å². The summed E-state index contributed by atoms with van der Waals surface area (Å²) in [5, 5.41) is 10.9. The van der Waals surface area contributed by atoms with Gasteiger partial charge in [0.15, 0.2) is 0 Å². The lowest BCUT2D eigenvalue weighted by atomic mass is 10.1. The number of aryl methyl sites for hydroxylation is 2. The van der Waals surface area contributed by atoms with Crippen LogP contribution in [0.15, 0.2) is 60.2 Å². The molecule has 1 fully saturated rings. The summed E-state index contributed by atoms with van der Waals surface area (Å²) in [5.41, 5.74) is 1.48. The number of fused-ring (bicyclic) bond motifs is 1. The summed E-state index contributed by atoms with van der Waals surface area (Å²) in [4.78, 5) is 46.7. The number of aromatic nitrogens is 4. The lowest BCUT2D eigenvalue weighted by molar-refractivity contribution is 0.430. The fourth-order valence-electron chi connectivity index (χ4n) is 4.63.